The average molecular weight is 379 g/mol. The molecule has 0 radical (unpaired) electrons. The molecule has 0 saturated heterocycles. The summed E-state index contributed by atoms with van der Waals surface area (Å²) >= 11 is 1.57. The SMILES string of the molecule is O=C(CCCc1nc(-c2cccs2)no1)Nc1ccc(-n2ccnc2)cc1. The zero-order valence-electron chi connectivity index (χ0n) is 14.4. The first-order valence-electron chi connectivity index (χ1n) is 8.53. The molecule has 0 fully saturated rings. The van der Waals surface area contributed by atoms with Crippen LogP contribution in [0.5, 0.6) is 0 Å². The van der Waals surface area contributed by atoms with Gasteiger partial charge in [-0.3, -0.25) is 4.79 Å². The number of carbonyl (C=O) groups is 1. The van der Waals surface area contributed by atoms with Gasteiger partial charge in [0, 0.05) is 36.6 Å². The number of imidazole rings is 1. The van der Waals surface area contributed by atoms with Gasteiger partial charge in [0.25, 0.3) is 0 Å². The van der Waals surface area contributed by atoms with Crippen LogP contribution in [-0.4, -0.2) is 25.6 Å². The number of hydrogen-bond donors (Lipinski definition) is 1. The standard InChI is InChI=1S/C19H17N5O2S/c25-17(21-14-6-8-15(9-7-14)24-11-10-20-13-24)4-1-5-18-22-19(23-26-18)16-3-2-12-27-16/h2-3,6-13H,1,4-5H2,(H,21,25). The highest BCUT2D eigenvalue weighted by Gasteiger charge is 2.10. The maximum atomic E-state index is 12.1. The monoisotopic (exact) mass is 379 g/mol. The van der Waals surface area contributed by atoms with Crippen LogP contribution in [0.25, 0.3) is 16.4 Å². The van der Waals surface area contributed by atoms with Crippen LogP contribution in [0.4, 0.5) is 5.69 Å². The van der Waals surface area contributed by atoms with Crippen molar-refractivity contribution in [3.63, 3.8) is 0 Å². The van der Waals surface area contributed by atoms with E-state index < -0.39 is 0 Å². The first-order chi connectivity index (χ1) is 13.3. The molecule has 1 N–H and O–H groups in total. The van der Waals surface area contributed by atoms with Crippen LogP contribution in [0.15, 0.2) is 65.0 Å². The second kappa shape index (κ2) is 7.96. The van der Waals surface area contributed by atoms with E-state index in [1.807, 2.05) is 52.5 Å². The minimum absolute atomic E-state index is 0.0385. The van der Waals surface area contributed by atoms with Crippen molar-refractivity contribution in [2.24, 2.45) is 0 Å². The number of benzene rings is 1. The zero-order valence-corrected chi connectivity index (χ0v) is 15.2. The summed E-state index contributed by atoms with van der Waals surface area (Å²) in [5, 5.41) is 8.84. The van der Waals surface area contributed by atoms with Crippen LogP contribution in [-0.2, 0) is 11.2 Å². The molecule has 136 valence electrons. The molecule has 0 unspecified atom stereocenters. The number of anilines is 1. The van der Waals surface area contributed by atoms with Crippen LogP contribution in [0, 0.1) is 0 Å². The quantitative estimate of drug-likeness (QED) is 0.525. The molecule has 8 heteroatoms. The Labute approximate surface area is 159 Å². The highest BCUT2D eigenvalue weighted by atomic mass is 32.1. The largest absolute Gasteiger partial charge is 0.339 e. The first kappa shape index (κ1) is 17.2. The third kappa shape index (κ3) is 4.29. The van der Waals surface area contributed by atoms with Crippen molar-refractivity contribution < 1.29 is 9.32 Å². The normalized spacial score (nSPS) is 10.8. The first-order valence-corrected chi connectivity index (χ1v) is 9.40. The van der Waals surface area contributed by atoms with E-state index in [2.05, 4.69) is 20.4 Å². The number of amides is 1. The van der Waals surface area contributed by atoms with Crippen LogP contribution in [0.2, 0.25) is 0 Å². The molecule has 0 aliphatic rings. The molecule has 1 amide bonds. The summed E-state index contributed by atoms with van der Waals surface area (Å²) in [7, 11) is 0. The molecule has 0 atom stereocenters. The molecular weight excluding hydrogens is 362 g/mol. The fraction of sp³-hybridized carbons (Fsp3) is 0.158. The smallest absolute Gasteiger partial charge is 0.226 e. The Morgan fingerprint density at radius 2 is 2.11 bits per heavy atom. The fourth-order valence-electron chi connectivity index (χ4n) is 2.61. The van der Waals surface area contributed by atoms with E-state index in [1.54, 1.807) is 23.9 Å². The van der Waals surface area contributed by atoms with E-state index >= 15 is 0 Å². The van der Waals surface area contributed by atoms with Crippen molar-refractivity contribution in [3.8, 4) is 16.4 Å². The zero-order chi connectivity index (χ0) is 18.5. The molecule has 27 heavy (non-hydrogen) atoms. The van der Waals surface area contributed by atoms with Gasteiger partial charge in [-0.15, -0.1) is 11.3 Å². The Morgan fingerprint density at radius 1 is 1.22 bits per heavy atom. The molecule has 1 aromatic carbocycles. The van der Waals surface area contributed by atoms with Gasteiger partial charge in [-0.05, 0) is 42.1 Å². The van der Waals surface area contributed by atoms with Gasteiger partial charge in [0.05, 0.1) is 11.2 Å². The minimum atomic E-state index is -0.0385. The van der Waals surface area contributed by atoms with Crippen molar-refractivity contribution in [2.45, 2.75) is 19.3 Å². The predicted molar refractivity (Wildman–Crippen MR) is 103 cm³/mol. The van der Waals surface area contributed by atoms with Crippen molar-refractivity contribution in [1.82, 2.24) is 19.7 Å². The summed E-state index contributed by atoms with van der Waals surface area (Å²) < 4.78 is 7.15. The van der Waals surface area contributed by atoms with Gasteiger partial charge in [-0.2, -0.15) is 4.98 Å². The molecule has 4 rings (SSSR count). The summed E-state index contributed by atoms with van der Waals surface area (Å²) in [6.07, 6.45) is 6.93. The van der Waals surface area contributed by atoms with Crippen LogP contribution >= 0.6 is 11.3 Å². The van der Waals surface area contributed by atoms with Crippen molar-refractivity contribution in [2.75, 3.05) is 5.32 Å². The van der Waals surface area contributed by atoms with Gasteiger partial charge in [-0.25, -0.2) is 4.98 Å². The molecule has 7 nitrogen and oxygen atoms in total. The highest BCUT2D eigenvalue weighted by Crippen LogP contribution is 2.21. The summed E-state index contributed by atoms with van der Waals surface area (Å²) in [6.45, 7) is 0. The Balaban J connectivity index is 1.25. The van der Waals surface area contributed by atoms with Gasteiger partial charge in [-0.1, -0.05) is 11.2 Å². The number of hydrogen-bond acceptors (Lipinski definition) is 6. The van der Waals surface area contributed by atoms with E-state index in [4.69, 9.17) is 4.52 Å². The van der Waals surface area contributed by atoms with Crippen LogP contribution in [0.3, 0.4) is 0 Å². The van der Waals surface area contributed by atoms with Crippen LogP contribution < -0.4 is 5.32 Å². The number of aryl methyl sites for hydroxylation is 1. The Morgan fingerprint density at radius 3 is 2.85 bits per heavy atom. The summed E-state index contributed by atoms with van der Waals surface area (Å²) in [5.41, 5.74) is 1.75. The maximum absolute atomic E-state index is 12.1. The van der Waals surface area contributed by atoms with E-state index in [0.717, 1.165) is 16.3 Å². The van der Waals surface area contributed by atoms with Gasteiger partial charge >= 0.3 is 0 Å². The number of nitrogens with one attached hydrogen (secondary N) is 1. The number of rotatable bonds is 7. The average Bonchev–Trinajstić information content (AvgIpc) is 3.44. The topological polar surface area (TPSA) is 85.8 Å². The van der Waals surface area contributed by atoms with E-state index in [0.29, 0.717) is 31.0 Å². The van der Waals surface area contributed by atoms with Crippen molar-refractivity contribution in [3.05, 3.63) is 66.4 Å². The van der Waals surface area contributed by atoms with Gasteiger partial charge in [0.1, 0.15) is 0 Å². The molecule has 4 aromatic rings. The number of nitrogens with zero attached hydrogens (tertiary/aromatic N) is 4. The summed E-state index contributed by atoms with van der Waals surface area (Å²) in [5.74, 6) is 1.11. The Hall–Kier alpha value is -3.26. The molecule has 0 aliphatic carbocycles. The molecule has 0 saturated carbocycles. The number of carbonyl (C=O) groups excluding carboxylic acids is 1. The lowest BCUT2D eigenvalue weighted by Crippen LogP contribution is -2.11. The third-order valence-corrected chi connectivity index (χ3v) is 4.82. The lowest BCUT2D eigenvalue weighted by molar-refractivity contribution is -0.116. The lowest BCUT2D eigenvalue weighted by atomic mass is 10.2. The summed E-state index contributed by atoms with van der Waals surface area (Å²) in [4.78, 5) is 21.5. The van der Waals surface area contributed by atoms with E-state index in [-0.39, 0.29) is 5.91 Å². The molecule has 3 aromatic heterocycles. The van der Waals surface area contributed by atoms with Gasteiger partial charge < -0.3 is 14.4 Å². The lowest BCUT2D eigenvalue weighted by Gasteiger charge is -2.06. The maximum Gasteiger partial charge on any atom is 0.226 e. The van der Waals surface area contributed by atoms with Gasteiger partial charge in [0.15, 0.2) is 0 Å². The second-order valence-electron chi connectivity index (χ2n) is 5.91. The predicted octanol–water partition coefficient (Wildman–Crippen LogP) is 3.95. The number of thiophene rings is 1. The molecular formula is C19H17N5O2S. The molecule has 0 spiro atoms. The summed E-state index contributed by atoms with van der Waals surface area (Å²) in [6, 6.07) is 11.5. The molecule has 0 aliphatic heterocycles. The van der Waals surface area contributed by atoms with E-state index in [1.165, 1.54) is 0 Å². The Kier molecular flexibility index (Phi) is 5.06. The van der Waals surface area contributed by atoms with Crippen molar-refractivity contribution >= 4 is 22.9 Å². The Bertz CT molecular complexity index is 991. The minimum Gasteiger partial charge on any atom is -0.339 e. The van der Waals surface area contributed by atoms with Gasteiger partial charge in [0.2, 0.25) is 17.6 Å². The third-order valence-electron chi connectivity index (χ3n) is 3.96. The van der Waals surface area contributed by atoms with E-state index in [9.17, 15) is 4.79 Å². The fourth-order valence-corrected chi connectivity index (χ4v) is 3.26. The van der Waals surface area contributed by atoms with Crippen molar-refractivity contribution in [1.29, 1.82) is 0 Å². The van der Waals surface area contributed by atoms with Crippen LogP contribution in [0.1, 0.15) is 18.7 Å². The molecule has 3 heterocycles. The number of aromatic nitrogens is 4. The highest BCUT2D eigenvalue weighted by molar-refractivity contribution is 7.13. The second-order valence-corrected chi connectivity index (χ2v) is 6.86. The molecule has 0 bridgehead atoms.